The van der Waals surface area contributed by atoms with Gasteiger partial charge in [-0.25, -0.2) is 18.1 Å². The highest BCUT2D eigenvalue weighted by Gasteiger charge is 2.28. The van der Waals surface area contributed by atoms with Crippen molar-refractivity contribution < 1.29 is 13.5 Å². The van der Waals surface area contributed by atoms with E-state index in [1.54, 1.807) is 0 Å². The van der Waals surface area contributed by atoms with Gasteiger partial charge in [0, 0.05) is 13.2 Å². The topological polar surface area (TPSA) is 79.3 Å². The second-order valence-corrected chi connectivity index (χ2v) is 8.02. The molecule has 1 fully saturated rings. The van der Waals surface area contributed by atoms with Crippen molar-refractivity contribution in [2.75, 3.05) is 13.2 Å². The summed E-state index contributed by atoms with van der Waals surface area (Å²) >= 11 is 6.56. The predicted octanol–water partition coefficient (Wildman–Crippen LogP) is 1.48. The van der Waals surface area contributed by atoms with Crippen LogP contribution in [-0.4, -0.2) is 31.7 Å². The number of aliphatic hydroxyl groups excluding tert-OH is 1. The van der Waals surface area contributed by atoms with Crippen LogP contribution in [0.2, 0.25) is 4.47 Å². The van der Waals surface area contributed by atoms with E-state index in [0.717, 1.165) is 30.6 Å². The Morgan fingerprint density at radius 2 is 2.22 bits per heavy atom. The maximum atomic E-state index is 11.9. The smallest absolute Gasteiger partial charge is 0.251 e. The summed E-state index contributed by atoms with van der Waals surface area (Å²) in [6, 6.07) is 0. The molecule has 2 N–H and O–H groups in total. The van der Waals surface area contributed by atoms with Crippen molar-refractivity contribution in [1.82, 2.24) is 9.71 Å². The van der Waals surface area contributed by atoms with Crippen LogP contribution in [0.4, 0.5) is 0 Å². The highest BCUT2D eigenvalue weighted by molar-refractivity contribution is 7.91. The molecule has 1 saturated carbocycles. The van der Waals surface area contributed by atoms with E-state index in [1.807, 2.05) is 0 Å². The molecule has 2 unspecified atom stereocenters. The molecule has 0 radical (unpaired) electrons. The first kappa shape index (κ1) is 14.2. The minimum atomic E-state index is -3.52. The van der Waals surface area contributed by atoms with Crippen molar-refractivity contribution >= 4 is 33.0 Å². The average molecular weight is 311 g/mol. The molecular formula is C10H15ClN2O3S2. The second kappa shape index (κ2) is 5.83. The number of rotatable bonds is 5. The lowest BCUT2D eigenvalue weighted by Gasteiger charge is -2.17. The molecule has 102 valence electrons. The van der Waals surface area contributed by atoms with E-state index in [1.165, 1.54) is 6.20 Å². The Labute approximate surface area is 115 Å². The number of aromatic nitrogens is 1. The quantitative estimate of drug-likeness (QED) is 0.863. The summed E-state index contributed by atoms with van der Waals surface area (Å²) in [4.78, 5) is 3.72. The zero-order valence-corrected chi connectivity index (χ0v) is 12.1. The van der Waals surface area contributed by atoms with E-state index >= 15 is 0 Å². The van der Waals surface area contributed by atoms with Gasteiger partial charge in [-0.1, -0.05) is 29.4 Å². The largest absolute Gasteiger partial charge is 0.396 e. The van der Waals surface area contributed by atoms with Gasteiger partial charge in [-0.05, 0) is 24.7 Å². The number of sulfonamides is 1. The van der Waals surface area contributed by atoms with Crippen molar-refractivity contribution in [1.29, 1.82) is 0 Å². The van der Waals surface area contributed by atoms with Crippen LogP contribution in [0.25, 0.3) is 0 Å². The molecule has 1 aromatic rings. The number of thiazole rings is 1. The van der Waals surface area contributed by atoms with E-state index in [-0.39, 0.29) is 27.1 Å². The van der Waals surface area contributed by atoms with Crippen molar-refractivity contribution in [3.8, 4) is 0 Å². The summed E-state index contributed by atoms with van der Waals surface area (Å²) in [5, 5.41) is 9.18. The molecule has 0 spiro atoms. The molecule has 0 aliphatic heterocycles. The standard InChI is InChI=1S/C10H15ClN2O3S2/c11-10-12-5-9(17-10)18(15,16)13-4-7-2-1-3-8(7)6-14/h5,7-8,13-14H,1-4,6H2. The zero-order chi connectivity index (χ0) is 13.2. The van der Waals surface area contributed by atoms with Gasteiger partial charge in [-0.15, -0.1) is 0 Å². The van der Waals surface area contributed by atoms with Gasteiger partial charge < -0.3 is 5.11 Å². The Morgan fingerprint density at radius 1 is 1.50 bits per heavy atom. The molecule has 18 heavy (non-hydrogen) atoms. The van der Waals surface area contributed by atoms with Crippen molar-refractivity contribution in [3.63, 3.8) is 0 Å². The summed E-state index contributed by atoms with van der Waals surface area (Å²) in [6.45, 7) is 0.488. The first-order chi connectivity index (χ1) is 8.53. The lowest BCUT2D eigenvalue weighted by Crippen LogP contribution is -2.31. The first-order valence-electron chi connectivity index (χ1n) is 5.75. The van der Waals surface area contributed by atoms with Crippen molar-refractivity contribution in [2.24, 2.45) is 11.8 Å². The molecule has 0 amide bonds. The Hall–Kier alpha value is -0.210. The number of nitrogens with one attached hydrogen (secondary N) is 1. The highest BCUT2D eigenvalue weighted by atomic mass is 35.5. The van der Waals surface area contributed by atoms with Gasteiger partial charge in [0.25, 0.3) is 10.0 Å². The molecule has 0 bridgehead atoms. The number of halogens is 1. The first-order valence-corrected chi connectivity index (χ1v) is 8.42. The van der Waals surface area contributed by atoms with E-state index in [4.69, 9.17) is 11.6 Å². The highest BCUT2D eigenvalue weighted by Crippen LogP contribution is 2.31. The van der Waals surface area contributed by atoms with Crippen LogP contribution in [0.15, 0.2) is 10.4 Å². The number of hydrogen-bond donors (Lipinski definition) is 2. The summed E-state index contributed by atoms with van der Waals surface area (Å²) in [7, 11) is -3.52. The maximum absolute atomic E-state index is 11.9. The predicted molar refractivity (Wildman–Crippen MR) is 70.2 cm³/mol. The Morgan fingerprint density at radius 3 is 2.83 bits per heavy atom. The number of hydrogen-bond acceptors (Lipinski definition) is 5. The van der Waals surface area contributed by atoms with Crippen LogP contribution in [-0.2, 0) is 10.0 Å². The van der Waals surface area contributed by atoms with Crippen LogP contribution < -0.4 is 4.72 Å². The SMILES string of the molecule is O=S(=O)(NCC1CCCC1CO)c1cnc(Cl)s1. The van der Waals surface area contributed by atoms with Gasteiger partial charge in [0.15, 0.2) is 8.68 Å². The molecule has 5 nitrogen and oxygen atoms in total. The van der Waals surface area contributed by atoms with Crippen LogP contribution in [0.3, 0.4) is 0 Å². The van der Waals surface area contributed by atoms with Crippen LogP contribution in [0.5, 0.6) is 0 Å². The molecule has 2 atom stereocenters. The molecular weight excluding hydrogens is 296 g/mol. The van der Waals surface area contributed by atoms with E-state index in [2.05, 4.69) is 9.71 Å². The molecule has 1 aliphatic rings. The summed E-state index contributed by atoms with van der Waals surface area (Å²) in [5.41, 5.74) is 0. The molecule has 1 aromatic heterocycles. The van der Waals surface area contributed by atoms with Crippen LogP contribution in [0, 0.1) is 11.8 Å². The normalized spacial score (nSPS) is 24.6. The molecule has 2 rings (SSSR count). The number of aliphatic hydroxyl groups is 1. The zero-order valence-electron chi connectivity index (χ0n) is 9.67. The molecule has 1 aliphatic carbocycles. The van der Waals surface area contributed by atoms with Crippen molar-refractivity contribution in [2.45, 2.75) is 23.5 Å². The van der Waals surface area contributed by atoms with Gasteiger partial charge in [0.05, 0.1) is 6.20 Å². The summed E-state index contributed by atoms with van der Waals surface area (Å²) in [6.07, 6.45) is 4.23. The van der Waals surface area contributed by atoms with Crippen LogP contribution >= 0.6 is 22.9 Å². The van der Waals surface area contributed by atoms with Gasteiger partial charge in [-0.2, -0.15) is 0 Å². The Bertz CT molecular complexity index is 503. The fourth-order valence-electron chi connectivity index (χ4n) is 2.27. The third kappa shape index (κ3) is 3.21. The van der Waals surface area contributed by atoms with Gasteiger partial charge in [0.1, 0.15) is 0 Å². The third-order valence-corrected chi connectivity index (χ3v) is 6.31. The summed E-state index contributed by atoms with van der Waals surface area (Å²) < 4.78 is 26.8. The van der Waals surface area contributed by atoms with Gasteiger partial charge in [-0.3, -0.25) is 0 Å². The second-order valence-electron chi connectivity index (χ2n) is 4.42. The van der Waals surface area contributed by atoms with Gasteiger partial charge in [0.2, 0.25) is 0 Å². The van der Waals surface area contributed by atoms with E-state index in [9.17, 15) is 13.5 Å². The minimum absolute atomic E-state index is 0.124. The Balaban J connectivity index is 1.97. The Kier molecular flexibility index (Phi) is 4.60. The lowest BCUT2D eigenvalue weighted by atomic mass is 9.97. The third-order valence-electron chi connectivity index (χ3n) is 3.31. The molecule has 0 saturated heterocycles. The van der Waals surface area contributed by atoms with Gasteiger partial charge >= 0.3 is 0 Å². The lowest BCUT2D eigenvalue weighted by molar-refractivity contribution is 0.195. The van der Waals surface area contributed by atoms with Crippen LogP contribution in [0.1, 0.15) is 19.3 Å². The average Bonchev–Trinajstić information content (AvgIpc) is 2.94. The fourth-order valence-corrected chi connectivity index (χ4v) is 4.71. The maximum Gasteiger partial charge on any atom is 0.251 e. The number of nitrogens with zero attached hydrogens (tertiary/aromatic N) is 1. The van der Waals surface area contributed by atoms with E-state index in [0.29, 0.717) is 6.54 Å². The molecule has 1 heterocycles. The minimum Gasteiger partial charge on any atom is -0.396 e. The fraction of sp³-hybridized carbons (Fsp3) is 0.700. The summed E-state index contributed by atoms with van der Waals surface area (Å²) in [5.74, 6) is 0.422. The van der Waals surface area contributed by atoms with Crippen molar-refractivity contribution in [3.05, 3.63) is 10.7 Å². The molecule has 8 heteroatoms. The molecule has 0 aromatic carbocycles. The monoisotopic (exact) mass is 310 g/mol. The van der Waals surface area contributed by atoms with E-state index < -0.39 is 10.0 Å².